The molecule has 0 amide bonds. The van der Waals surface area contributed by atoms with Crippen LogP contribution in [-0.2, 0) is 6.54 Å². The molecule has 0 aliphatic rings. The molecule has 12 heavy (non-hydrogen) atoms. The summed E-state index contributed by atoms with van der Waals surface area (Å²) in [7, 11) is 0. The molecule has 0 fully saturated rings. The molecule has 0 radical (unpaired) electrons. The Bertz CT molecular complexity index is 225. The van der Waals surface area contributed by atoms with Crippen LogP contribution >= 0.6 is 27.3 Å². The van der Waals surface area contributed by atoms with Crippen molar-refractivity contribution in [1.29, 1.82) is 0 Å². The highest BCUT2D eigenvalue weighted by Crippen LogP contribution is 2.20. The maximum atomic E-state index is 5.37. The summed E-state index contributed by atoms with van der Waals surface area (Å²) in [5.74, 6) is 0. The molecule has 1 aromatic heterocycles. The van der Waals surface area contributed by atoms with Crippen molar-refractivity contribution in [3.63, 3.8) is 0 Å². The third kappa shape index (κ3) is 3.67. The van der Waals surface area contributed by atoms with Gasteiger partial charge in [0.05, 0.1) is 3.79 Å². The fourth-order valence-corrected chi connectivity index (χ4v) is 2.11. The molecule has 2 nitrogen and oxygen atoms in total. The van der Waals surface area contributed by atoms with Gasteiger partial charge < -0.3 is 11.1 Å². The lowest BCUT2D eigenvalue weighted by molar-refractivity contribution is 0.656. The van der Waals surface area contributed by atoms with Crippen LogP contribution in [0.3, 0.4) is 0 Å². The van der Waals surface area contributed by atoms with Gasteiger partial charge >= 0.3 is 0 Å². The molecular weight excluding hydrogens is 236 g/mol. The van der Waals surface area contributed by atoms with Gasteiger partial charge in [0.25, 0.3) is 0 Å². The summed E-state index contributed by atoms with van der Waals surface area (Å²) in [5, 5.41) is 5.47. The average molecular weight is 249 g/mol. The Labute approximate surface area is 85.3 Å². The first-order chi connectivity index (χ1) is 5.83. The molecule has 0 unspecified atom stereocenters. The Morgan fingerprint density at radius 1 is 1.58 bits per heavy atom. The summed E-state index contributed by atoms with van der Waals surface area (Å²) >= 11 is 5.15. The summed E-state index contributed by atoms with van der Waals surface area (Å²) in [6.07, 6.45) is 1.05. The van der Waals surface area contributed by atoms with E-state index in [0.29, 0.717) is 0 Å². The standard InChI is InChI=1S/C8H13BrN2S/c9-8-4-7(6-12-8)5-11-3-1-2-10/h4,6,11H,1-3,5,10H2. The van der Waals surface area contributed by atoms with Crippen LogP contribution in [0.2, 0.25) is 0 Å². The predicted molar refractivity (Wildman–Crippen MR) is 57.4 cm³/mol. The maximum Gasteiger partial charge on any atom is 0.0701 e. The highest BCUT2D eigenvalue weighted by Gasteiger charge is 1.95. The molecule has 0 atom stereocenters. The van der Waals surface area contributed by atoms with Crippen LogP contribution in [0.4, 0.5) is 0 Å². The van der Waals surface area contributed by atoms with Crippen LogP contribution in [0.5, 0.6) is 0 Å². The van der Waals surface area contributed by atoms with Crippen LogP contribution in [0.15, 0.2) is 15.2 Å². The molecule has 1 aromatic rings. The zero-order valence-corrected chi connectivity index (χ0v) is 9.25. The van der Waals surface area contributed by atoms with E-state index in [1.807, 2.05) is 0 Å². The largest absolute Gasteiger partial charge is 0.330 e. The lowest BCUT2D eigenvalue weighted by atomic mass is 10.3. The fourth-order valence-electron chi connectivity index (χ4n) is 0.898. The zero-order valence-electron chi connectivity index (χ0n) is 6.85. The first kappa shape index (κ1) is 10.2. The first-order valence-corrected chi connectivity index (χ1v) is 5.64. The minimum atomic E-state index is 0.764. The number of nitrogens with two attached hydrogens (primary N) is 1. The van der Waals surface area contributed by atoms with E-state index in [0.717, 1.165) is 26.1 Å². The van der Waals surface area contributed by atoms with Gasteiger partial charge in [0, 0.05) is 6.54 Å². The van der Waals surface area contributed by atoms with E-state index in [9.17, 15) is 0 Å². The van der Waals surface area contributed by atoms with E-state index >= 15 is 0 Å². The Morgan fingerprint density at radius 2 is 2.42 bits per heavy atom. The van der Waals surface area contributed by atoms with Crippen molar-refractivity contribution in [2.75, 3.05) is 13.1 Å². The van der Waals surface area contributed by atoms with Gasteiger partial charge in [-0.25, -0.2) is 0 Å². The SMILES string of the molecule is NCCCNCc1csc(Br)c1. The van der Waals surface area contributed by atoms with Gasteiger partial charge in [0.2, 0.25) is 0 Å². The van der Waals surface area contributed by atoms with Crippen molar-refractivity contribution >= 4 is 27.3 Å². The summed E-state index contributed by atoms with van der Waals surface area (Å²) in [4.78, 5) is 0. The van der Waals surface area contributed by atoms with Gasteiger partial charge in [-0.05, 0) is 52.5 Å². The monoisotopic (exact) mass is 248 g/mol. The first-order valence-electron chi connectivity index (χ1n) is 3.96. The number of hydrogen-bond acceptors (Lipinski definition) is 3. The van der Waals surface area contributed by atoms with Crippen molar-refractivity contribution in [2.24, 2.45) is 5.73 Å². The van der Waals surface area contributed by atoms with E-state index in [1.165, 1.54) is 9.35 Å². The molecule has 0 saturated heterocycles. The summed E-state index contributed by atoms with van der Waals surface area (Å²) in [6.45, 7) is 2.71. The molecule has 0 aliphatic carbocycles. The second-order valence-corrected chi connectivity index (χ2v) is 4.87. The van der Waals surface area contributed by atoms with Crippen molar-refractivity contribution in [3.05, 3.63) is 20.8 Å². The molecule has 1 rings (SSSR count). The number of halogens is 1. The van der Waals surface area contributed by atoms with Gasteiger partial charge in [-0.15, -0.1) is 11.3 Å². The molecule has 3 N–H and O–H groups in total. The molecule has 0 aliphatic heterocycles. The van der Waals surface area contributed by atoms with Crippen LogP contribution in [0, 0.1) is 0 Å². The molecule has 68 valence electrons. The van der Waals surface area contributed by atoms with Gasteiger partial charge in [-0.3, -0.25) is 0 Å². The molecule has 0 spiro atoms. The molecule has 4 heteroatoms. The minimum absolute atomic E-state index is 0.764. The minimum Gasteiger partial charge on any atom is -0.330 e. The lowest BCUT2D eigenvalue weighted by Gasteiger charge is -2.00. The topological polar surface area (TPSA) is 38.0 Å². The third-order valence-corrected chi connectivity index (χ3v) is 3.06. The third-order valence-electron chi connectivity index (χ3n) is 1.51. The Balaban J connectivity index is 2.15. The van der Waals surface area contributed by atoms with Gasteiger partial charge in [0.15, 0.2) is 0 Å². The maximum absolute atomic E-state index is 5.37. The van der Waals surface area contributed by atoms with Crippen molar-refractivity contribution in [1.82, 2.24) is 5.32 Å². The molecule has 0 aromatic carbocycles. The number of rotatable bonds is 5. The van der Waals surface area contributed by atoms with Crippen molar-refractivity contribution in [2.45, 2.75) is 13.0 Å². The number of hydrogen-bond donors (Lipinski definition) is 2. The Hall–Kier alpha value is 0.100. The number of nitrogens with one attached hydrogen (secondary N) is 1. The van der Waals surface area contributed by atoms with E-state index < -0.39 is 0 Å². The van der Waals surface area contributed by atoms with E-state index in [2.05, 4.69) is 32.7 Å². The molecular formula is C8H13BrN2S. The fraction of sp³-hybridized carbons (Fsp3) is 0.500. The summed E-state index contributed by atoms with van der Waals surface area (Å²) in [5.41, 5.74) is 6.70. The highest BCUT2D eigenvalue weighted by molar-refractivity contribution is 9.11. The van der Waals surface area contributed by atoms with Crippen LogP contribution in [0.1, 0.15) is 12.0 Å². The quantitative estimate of drug-likeness (QED) is 0.783. The molecule has 0 bridgehead atoms. The molecule has 0 saturated carbocycles. The second-order valence-electron chi connectivity index (χ2n) is 2.58. The van der Waals surface area contributed by atoms with Crippen LogP contribution in [-0.4, -0.2) is 13.1 Å². The Kier molecular flexibility index (Phi) is 4.83. The molecule has 1 heterocycles. The summed E-state index contributed by atoms with van der Waals surface area (Å²) in [6, 6.07) is 2.14. The normalized spacial score (nSPS) is 10.5. The van der Waals surface area contributed by atoms with Gasteiger partial charge in [-0.1, -0.05) is 0 Å². The van der Waals surface area contributed by atoms with Crippen LogP contribution < -0.4 is 11.1 Å². The van der Waals surface area contributed by atoms with E-state index in [-0.39, 0.29) is 0 Å². The lowest BCUT2D eigenvalue weighted by Crippen LogP contribution is -2.17. The van der Waals surface area contributed by atoms with E-state index in [1.54, 1.807) is 11.3 Å². The van der Waals surface area contributed by atoms with E-state index in [4.69, 9.17) is 5.73 Å². The van der Waals surface area contributed by atoms with Gasteiger partial charge in [0.1, 0.15) is 0 Å². The number of thiophene rings is 1. The van der Waals surface area contributed by atoms with Crippen molar-refractivity contribution < 1.29 is 0 Å². The highest BCUT2D eigenvalue weighted by atomic mass is 79.9. The van der Waals surface area contributed by atoms with Crippen molar-refractivity contribution in [3.8, 4) is 0 Å². The Morgan fingerprint density at radius 3 is 3.00 bits per heavy atom. The predicted octanol–water partition coefficient (Wildman–Crippen LogP) is 1.95. The summed E-state index contributed by atoms with van der Waals surface area (Å²) < 4.78 is 1.19. The average Bonchev–Trinajstić information content (AvgIpc) is 2.45. The zero-order chi connectivity index (χ0) is 8.81. The van der Waals surface area contributed by atoms with Gasteiger partial charge in [-0.2, -0.15) is 0 Å². The second kappa shape index (κ2) is 5.70. The van der Waals surface area contributed by atoms with Crippen LogP contribution in [0.25, 0.3) is 0 Å². The smallest absolute Gasteiger partial charge is 0.0701 e.